The number of piperazine rings is 1. The van der Waals surface area contributed by atoms with E-state index in [-0.39, 0.29) is 36.1 Å². The highest BCUT2D eigenvalue weighted by Crippen LogP contribution is 2.28. The molecule has 9 heteroatoms. The van der Waals surface area contributed by atoms with Crippen LogP contribution in [0.1, 0.15) is 13.3 Å². The van der Waals surface area contributed by atoms with Crippen molar-refractivity contribution in [2.45, 2.75) is 19.5 Å². The van der Waals surface area contributed by atoms with Gasteiger partial charge in [0.15, 0.2) is 0 Å². The largest absolute Gasteiger partial charge is 0.401 e. The van der Waals surface area contributed by atoms with Gasteiger partial charge in [0.05, 0.1) is 12.0 Å². The Hall–Kier alpha value is -0.240. The van der Waals surface area contributed by atoms with Crippen molar-refractivity contribution in [2.24, 2.45) is 5.41 Å². The quantitative estimate of drug-likeness (QED) is 0.819. The normalized spacial score (nSPS) is 27.0. The van der Waals surface area contributed by atoms with E-state index in [2.05, 4.69) is 5.32 Å². The molecule has 0 bridgehead atoms. The summed E-state index contributed by atoms with van der Waals surface area (Å²) in [6.07, 6.45) is -3.36. The van der Waals surface area contributed by atoms with Gasteiger partial charge in [-0.3, -0.25) is 9.69 Å². The highest BCUT2D eigenvalue weighted by Gasteiger charge is 2.40. The molecule has 1 atom stereocenters. The first kappa shape index (κ1) is 20.8. The Balaban J connectivity index is 0.00000200. The van der Waals surface area contributed by atoms with Crippen molar-refractivity contribution < 1.29 is 18.0 Å². The van der Waals surface area contributed by atoms with E-state index in [1.54, 1.807) is 4.90 Å². The van der Waals surface area contributed by atoms with Crippen LogP contribution in [0.3, 0.4) is 0 Å². The predicted octanol–water partition coefficient (Wildman–Crippen LogP) is 1.54. The van der Waals surface area contributed by atoms with E-state index in [9.17, 15) is 18.0 Å². The van der Waals surface area contributed by atoms with Crippen LogP contribution in [0.25, 0.3) is 0 Å². The molecule has 21 heavy (non-hydrogen) atoms. The Morgan fingerprint density at radius 2 is 1.76 bits per heavy atom. The van der Waals surface area contributed by atoms with Gasteiger partial charge >= 0.3 is 6.18 Å². The third-order valence-electron chi connectivity index (χ3n) is 3.95. The zero-order valence-electron chi connectivity index (χ0n) is 11.9. The minimum atomic E-state index is -4.16. The highest BCUT2D eigenvalue weighted by molar-refractivity contribution is 5.85. The number of carbonyl (C=O) groups is 1. The van der Waals surface area contributed by atoms with E-state index in [1.807, 2.05) is 6.92 Å². The maximum absolute atomic E-state index is 12.4. The molecule has 2 aliphatic heterocycles. The Morgan fingerprint density at radius 1 is 1.19 bits per heavy atom. The van der Waals surface area contributed by atoms with Gasteiger partial charge in [0.1, 0.15) is 0 Å². The van der Waals surface area contributed by atoms with Gasteiger partial charge in [-0.15, -0.1) is 24.8 Å². The lowest BCUT2D eigenvalue weighted by Crippen LogP contribution is -2.54. The van der Waals surface area contributed by atoms with E-state index in [4.69, 9.17) is 0 Å². The molecule has 0 aliphatic carbocycles. The summed E-state index contributed by atoms with van der Waals surface area (Å²) in [7, 11) is 0. The van der Waals surface area contributed by atoms with Gasteiger partial charge in [-0.1, -0.05) is 0 Å². The monoisotopic (exact) mass is 351 g/mol. The lowest BCUT2D eigenvalue weighted by Gasteiger charge is -2.38. The molecule has 2 heterocycles. The van der Waals surface area contributed by atoms with Crippen LogP contribution in [0.2, 0.25) is 0 Å². The molecule has 2 aliphatic rings. The van der Waals surface area contributed by atoms with Crippen LogP contribution in [-0.4, -0.2) is 67.7 Å². The molecule has 0 radical (unpaired) electrons. The van der Waals surface area contributed by atoms with Crippen molar-refractivity contribution in [3.63, 3.8) is 0 Å². The number of rotatable bonds is 2. The van der Waals surface area contributed by atoms with Crippen molar-refractivity contribution in [3.05, 3.63) is 0 Å². The Labute approximate surface area is 135 Å². The molecular weight excluding hydrogens is 330 g/mol. The van der Waals surface area contributed by atoms with Crippen molar-refractivity contribution in [1.82, 2.24) is 15.1 Å². The van der Waals surface area contributed by atoms with E-state index in [1.165, 1.54) is 4.90 Å². The first-order valence-electron chi connectivity index (χ1n) is 6.59. The fourth-order valence-electron chi connectivity index (χ4n) is 2.74. The zero-order chi connectivity index (χ0) is 14.1. The second kappa shape index (κ2) is 7.85. The number of hydrogen-bond donors (Lipinski definition) is 1. The van der Waals surface area contributed by atoms with Gasteiger partial charge in [0.25, 0.3) is 0 Å². The van der Waals surface area contributed by atoms with Gasteiger partial charge in [0.2, 0.25) is 5.91 Å². The summed E-state index contributed by atoms with van der Waals surface area (Å²) < 4.78 is 36.8. The summed E-state index contributed by atoms with van der Waals surface area (Å²) in [5.74, 6) is 0.0733. The summed E-state index contributed by atoms with van der Waals surface area (Å²) in [6, 6.07) is 0. The zero-order valence-corrected chi connectivity index (χ0v) is 13.5. The van der Waals surface area contributed by atoms with Crippen LogP contribution in [0.4, 0.5) is 13.2 Å². The van der Waals surface area contributed by atoms with Crippen molar-refractivity contribution in [1.29, 1.82) is 0 Å². The molecule has 0 aromatic rings. The molecule has 0 aromatic heterocycles. The maximum atomic E-state index is 12.4. The Kier molecular flexibility index (Phi) is 7.76. The molecule has 2 saturated heterocycles. The summed E-state index contributed by atoms with van der Waals surface area (Å²) in [4.78, 5) is 15.4. The molecule has 1 amide bonds. The summed E-state index contributed by atoms with van der Waals surface area (Å²) in [5, 5.41) is 3.17. The number of hydrogen-bond acceptors (Lipinski definition) is 3. The molecule has 126 valence electrons. The topological polar surface area (TPSA) is 35.6 Å². The van der Waals surface area contributed by atoms with Crippen LogP contribution >= 0.6 is 24.8 Å². The minimum absolute atomic E-state index is 0. The molecule has 0 spiro atoms. The van der Waals surface area contributed by atoms with E-state index in [0.717, 1.165) is 13.0 Å². The average Bonchev–Trinajstić information content (AvgIpc) is 2.75. The SMILES string of the molecule is CC1(C(=O)N2CCN(CC(F)(F)F)CC2)CCNC1.Cl.Cl. The number of halogens is 5. The summed E-state index contributed by atoms with van der Waals surface area (Å²) >= 11 is 0. The summed E-state index contributed by atoms with van der Waals surface area (Å²) in [6.45, 7) is 3.93. The predicted molar refractivity (Wildman–Crippen MR) is 79.2 cm³/mol. The highest BCUT2D eigenvalue weighted by atomic mass is 35.5. The van der Waals surface area contributed by atoms with E-state index < -0.39 is 12.7 Å². The lowest BCUT2D eigenvalue weighted by atomic mass is 9.88. The molecule has 0 saturated carbocycles. The van der Waals surface area contributed by atoms with Gasteiger partial charge in [0, 0.05) is 32.7 Å². The molecule has 1 unspecified atom stereocenters. The number of carbonyl (C=O) groups excluding carboxylic acids is 1. The molecule has 4 nitrogen and oxygen atoms in total. The Bertz CT molecular complexity index is 341. The first-order chi connectivity index (χ1) is 8.80. The first-order valence-corrected chi connectivity index (χ1v) is 6.59. The molecule has 2 fully saturated rings. The lowest BCUT2D eigenvalue weighted by molar-refractivity contribution is -0.154. The van der Waals surface area contributed by atoms with Crippen molar-refractivity contribution >= 4 is 30.7 Å². The number of amides is 1. The number of nitrogens with zero attached hydrogens (tertiary/aromatic N) is 2. The van der Waals surface area contributed by atoms with Crippen LogP contribution in [-0.2, 0) is 4.79 Å². The summed E-state index contributed by atoms with van der Waals surface area (Å²) in [5.41, 5.74) is -0.383. The number of nitrogens with one attached hydrogen (secondary N) is 1. The molecule has 1 N–H and O–H groups in total. The minimum Gasteiger partial charge on any atom is -0.340 e. The van der Waals surface area contributed by atoms with Crippen LogP contribution in [0, 0.1) is 5.41 Å². The van der Waals surface area contributed by atoms with E-state index in [0.29, 0.717) is 32.7 Å². The average molecular weight is 352 g/mol. The number of alkyl halides is 3. The van der Waals surface area contributed by atoms with Gasteiger partial charge in [-0.25, -0.2) is 0 Å². The van der Waals surface area contributed by atoms with Gasteiger partial charge < -0.3 is 10.2 Å². The van der Waals surface area contributed by atoms with Crippen LogP contribution in [0.5, 0.6) is 0 Å². The second-order valence-corrected chi connectivity index (χ2v) is 5.67. The fraction of sp³-hybridized carbons (Fsp3) is 0.917. The van der Waals surface area contributed by atoms with Gasteiger partial charge in [-0.05, 0) is 19.9 Å². The van der Waals surface area contributed by atoms with Crippen LogP contribution < -0.4 is 5.32 Å². The molecule has 2 rings (SSSR count). The maximum Gasteiger partial charge on any atom is 0.401 e. The van der Waals surface area contributed by atoms with Crippen molar-refractivity contribution in [2.75, 3.05) is 45.8 Å². The molecule has 0 aromatic carbocycles. The fourth-order valence-corrected chi connectivity index (χ4v) is 2.74. The van der Waals surface area contributed by atoms with Gasteiger partial charge in [-0.2, -0.15) is 13.2 Å². The third kappa shape index (κ3) is 5.47. The Morgan fingerprint density at radius 3 is 2.19 bits per heavy atom. The third-order valence-corrected chi connectivity index (χ3v) is 3.95. The molecular formula is C12H22Cl2F3N3O. The van der Waals surface area contributed by atoms with E-state index >= 15 is 0 Å². The second-order valence-electron chi connectivity index (χ2n) is 5.67. The van der Waals surface area contributed by atoms with Crippen LogP contribution in [0.15, 0.2) is 0 Å². The van der Waals surface area contributed by atoms with Crippen molar-refractivity contribution in [3.8, 4) is 0 Å². The smallest absolute Gasteiger partial charge is 0.340 e. The standard InChI is InChI=1S/C12H20F3N3O.2ClH/c1-11(2-3-16-8-11)10(19)18-6-4-17(5-7-18)9-12(13,14)15;;/h16H,2-9H2,1H3;2*1H.